The van der Waals surface area contributed by atoms with Gasteiger partial charge in [0.15, 0.2) is 5.82 Å². The van der Waals surface area contributed by atoms with E-state index in [1.807, 2.05) is 19.1 Å². The van der Waals surface area contributed by atoms with Crippen LogP contribution in [0, 0.1) is 0 Å². The summed E-state index contributed by atoms with van der Waals surface area (Å²) in [7, 11) is 1.67. The molecule has 1 saturated heterocycles. The molecule has 3 N–H and O–H groups in total. The zero-order valence-corrected chi connectivity index (χ0v) is 11.5. The highest BCUT2D eigenvalue weighted by Gasteiger charge is 2.25. The number of anilines is 2. The molecule has 0 aromatic carbocycles. The Morgan fingerprint density at radius 1 is 1.42 bits per heavy atom. The number of pyridine rings is 1. The molecule has 19 heavy (non-hydrogen) atoms. The van der Waals surface area contributed by atoms with Crippen molar-refractivity contribution >= 4 is 17.4 Å². The van der Waals surface area contributed by atoms with Gasteiger partial charge in [-0.3, -0.25) is 9.69 Å². The van der Waals surface area contributed by atoms with Gasteiger partial charge >= 0.3 is 0 Å². The fourth-order valence-corrected chi connectivity index (χ4v) is 2.37. The third-order valence-corrected chi connectivity index (χ3v) is 3.60. The maximum atomic E-state index is 11.6. The summed E-state index contributed by atoms with van der Waals surface area (Å²) in [5, 5.41) is 2.69. The quantitative estimate of drug-likeness (QED) is 0.798. The van der Waals surface area contributed by atoms with E-state index in [4.69, 9.17) is 5.73 Å². The highest BCUT2D eigenvalue weighted by atomic mass is 16.2. The standard InChI is InChI=1S/C13H21N5O/c1-10(13(19)15-2)17-6-8-18(9-7-17)12-11(14)4-3-5-16-12/h3-5,10H,6-9,14H2,1-2H3,(H,15,19). The second-order valence-corrected chi connectivity index (χ2v) is 4.73. The maximum absolute atomic E-state index is 11.6. The molecule has 1 fully saturated rings. The summed E-state index contributed by atoms with van der Waals surface area (Å²) in [6.45, 7) is 5.28. The minimum absolute atomic E-state index is 0.0609. The highest BCUT2D eigenvalue weighted by Crippen LogP contribution is 2.20. The van der Waals surface area contributed by atoms with E-state index in [2.05, 4.69) is 20.1 Å². The summed E-state index contributed by atoms with van der Waals surface area (Å²) >= 11 is 0. The molecule has 6 nitrogen and oxygen atoms in total. The predicted molar refractivity (Wildman–Crippen MR) is 76.0 cm³/mol. The van der Waals surface area contributed by atoms with Gasteiger partial charge in [0.2, 0.25) is 5.91 Å². The molecule has 0 radical (unpaired) electrons. The monoisotopic (exact) mass is 263 g/mol. The Labute approximate surface area is 113 Å². The van der Waals surface area contributed by atoms with Crippen molar-refractivity contribution in [3.63, 3.8) is 0 Å². The molecular formula is C13H21N5O. The minimum Gasteiger partial charge on any atom is -0.396 e. The van der Waals surface area contributed by atoms with Crippen molar-refractivity contribution < 1.29 is 4.79 Å². The number of nitrogen functional groups attached to an aromatic ring is 1. The van der Waals surface area contributed by atoms with Crippen molar-refractivity contribution in [3.05, 3.63) is 18.3 Å². The summed E-state index contributed by atoms with van der Waals surface area (Å²) in [4.78, 5) is 20.3. The van der Waals surface area contributed by atoms with E-state index in [0.717, 1.165) is 32.0 Å². The molecule has 0 bridgehead atoms. The number of aromatic nitrogens is 1. The molecule has 1 aromatic rings. The summed E-state index contributed by atoms with van der Waals surface area (Å²) in [5.74, 6) is 0.903. The number of carbonyl (C=O) groups is 1. The second-order valence-electron chi connectivity index (χ2n) is 4.73. The molecular weight excluding hydrogens is 242 g/mol. The van der Waals surface area contributed by atoms with Crippen LogP contribution in [-0.2, 0) is 4.79 Å². The molecule has 1 aliphatic heterocycles. The molecule has 1 aliphatic rings. The highest BCUT2D eigenvalue weighted by molar-refractivity contribution is 5.81. The third-order valence-electron chi connectivity index (χ3n) is 3.60. The van der Waals surface area contributed by atoms with Crippen LogP contribution < -0.4 is 16.0 Å². The van der Waals surface area contributed by atoms with Crippen LogP contribution in [0.5, 0.6) is 0 Å². The first-order chi connectivity index (χ1) is 9.13. The number of hydrogen-bond acceptors (Lipinski definition) is 5. The SMILES string of the molecule is CNC(=O)C(C)N1CCN(c2ncccc2N)CC1. The fourth-order valence-electron chi connectivity index (χ4n) is 2.37. The van der Waals surface area contributed by atoms with Crippen molar-refractivity contribution in [2.75, 3.05) is 43.9 Å². The Hall–Kier alpha value is -1.82. The number of nitrogens with zero attached hydrogens (tertiary/aromatic N) is 3. The lowest BCUT2D eigenvalue weighted by Crippen LogP contribution is -2.53. The van der Waals surface area contributed by atoms with Crippen molar-refractivity contribution in [2.24, 2.45) is 0 Å². The average Bonchev–Trinajstić information content (AvgIpc) is 2.46. The largest absolute Gasteiger partial charge is 0.396 e. The first kappa shape index (κ1) is 13.6. The zero-order chi connectivity index (χ0) is 13.8. The lowest BCUT2D eigenvalue weighted by molar-refractivity contribution is -0.125. The Morgan fingerprint density at radius 3 is 2.68 bits per heavy atom. The van der Waals surface area contributed by atoms with Crippen LogP contribution in [0.2, 0.25) is 0 Å². The molecule has 0 saturated carbocycles. The van der Waals surface area contributed by atoms with Crippen LogP contribution in [0.4, 0.5) is 11.5 Å². The summed E-state index contributed by atoms with van der Waals surface area (Å²) < 4.78 is 0. The normalized spacial score (nSPS) is 18.1. The molecule has 0 spiro atoms. The predicted octanol–water partition coefficient (Wildman–Crippen LogP) is -0.0797. The van der Waals surface area contributed by atoms with E-state index in [1.165, 1.54) is 0 Å². The van der Waals surface area contributed by atoms with Crippen molar-refractivity contribution in [2.45, 2.75) is 13.0 Å². The third kappa shape index (κ3) is 2.96. The van der Waals surface area contributed by atoms with E-state index in [-0.39, 0.29) is 11.9 Å². The van der Waals surface area contributed by atoms with Crippen molar-refractivity contribution in [1.29, 1.82) is 0 Å². The Bertz CT molecular complexity index is 442. The molecule has 6 heteroatoms. The molecule has 1 unspecified atom stereocenters. The summed E-state index contributed by atoms with van der Waals surface area (Å²) in [6.07, 6.45) is 1.76. The van der Waals surface area contributed by atoms with Gasteiger partial charge in [-0.2, -0.15) is 0 Å². The molecule has 104 valence electrons. The molecule has 1 amide bonds. The van der Waals surface area contributed by atoms with Gasteiger partial charge in [-0.25, -0.2) is 4.98 Å². The van der Waals surface area contributed by atoms with Crippen LogP contribution in [0.25, 0.3) is 0 Å². The van der Waals surface area contributed by atoms with Gasteiger partial charge in [0.25, 0.3) is 0 Å². The molecule has 2 heterocycles. The summed E-state index contributed by atoms with van der Waals surface area (Å²) in [6, 6.07) is 3.61. The van der Waals surface area contributed by atoms with Gasteiger partial charge in [-0.15, -0.1) is 0 Å². The molecule has 1 aromatic heterocycles. The number of nitrogens with two attached hydrogens (primary N) is 1. The van der Waals surface area contributed by atoms with Crippen molar-refractivity contribution in [1.82, 2.24) is 15.2 Å². The Balaban J connectivity index is 1.96. The van der Waals surface area contributed by atoms with Crippen LogP contribution in [0.1, 0.15) is 6.92 Å². The van der Waals surface area contributed by atoms with Gasteiger partial charge in [-0.05, 0) is 19.1 Å². The summed E-state index contributed by atoms with van der Waals surface area (Å²) in [5.41, 5.74) is 6.64. The lowest BCUT2D eigenvalue weighted by atomic mass is 10.2. The van der Waals surface area contributed by atoms with Gasteiger partial charge in [0, 0.05) is 39.4 Å². The van der Waals surface area contributed by atoms with Gasteiger partial charge in [0.05, 0.1) is 11.7 Å². The van der Waals surface area contributed by atoms with Crippen LogP contribution >= 0.6 is 0 Å². The number of piperazine rings is 1. The molecule has 2 rings (SSSR count). The van der Waals surface area contributed by atoms with Gasteiger partial charge in [-0.1, -0.05) is 0 Å². The number of amides is 1. The second kappa shape index (κ2) is 5.88. The van der Waals surface area contributed by atoms with E-state index >= 15 is 0 Å². The lowest BCUT2D eigenvalue weighted by Gasteiger charge is -2.38. The molecule has 0 aliphatic carbocycles. The maximum Gasteiger partial charge on any atom is 0.236 e. The molecule has 1 atom stereocenters. The number of likely N-dealkylation sites (N-methyl/N-ethyl adjacent to an activating group) is 1. The van der Waals surface area contributed by atoms with Crippen LogP contribution in [-0.4, -0.2) is 55.1 Å². The van der Waals surface area contributed by atoms with E-state index in [0.29, 0.717) is 5.69 Å². The Morgan fingerprint density at radius 2 is 2.11 bits per heavy atom. The Kier molecular flexibility index (Phi) is 4.21. The van der Waals surface area contributed by atoms with Crippen LogP contribution in [0.3, 0.4) is 0 Å². The zero-order valence-electron chi connectivity index (χ0n) is 11.5. The van der Waals surface area contributed by atoms with Gasteiger partial charge in [0.1, 0.15) is 0 Å². The fraction of sp³-hybridized carbons (Fsp3) is 0.538. The average molecular weight is 263 g/mol. The topological polar surface area (TPSA) is 74.5 Å². The van der Waals surface area contributed by atoms with E-state index in [1.54, 1.807) is 13.2 Å². The van der Waals surface area contributed by atoms with E-state index in [9.17, 15) is 4.79 Å². The van der Waals surface area contributed by atoms with Crippen LogP contribution in [0.15, 0.2) is 18.3 Å². The minimum atomic E-state index is -0.0896. The van der Waals surface area contributed by atoms with Gasteiger partial charge < -0.3 is 16.0 Å². The number of hydrogen-bond donors (Lipinski definition) is 2. The van der Waals surface area contributed by atoms with Crippen molar-refractivity contribution in [3.8, 4) is 0 Å². The number of nitrogens with one attached hydrogen (secondary N) is 1. The number of rotatable bonds is 3. The smallest absolute Gasteiger partial charge is 0.236 e. The van der Waals surface area contributed by atoms with E-state index < -0.39 is 0 Å². The first-order valence-electron chi connectivity index (χ1n) is 6.54. The number of carbonyl (C=O) groups excluding carboxylic acids is 1. The first-order valence-corrected chi connectivity index (χ1v) is 6.54.